The number of nitrogens with one attached hydrogen (secondary N) is 2. The third kappa shape index (κ3) is 14.8. The van der Waals surface area contributed by atoms with Crippen molar-refractivity contribution in [2.45, 2.75) is 109 Å². The van der Waals surface area contributed by atoms with E-state index in [9.17, 15) is 57.0 Å². The first-order valence-corrected chi connectivity index (χ1v) is 34.2. The maximum Gasteiger partial charge on any atom is 0.472 e. The second-order valence-electron chi connectivity index (χ2n) is 22.2. The molecule has 8 fully saturated rings. The third-order valence-corrected chi connectivity index (χ3v) is 20.4. The van der Waals surface area contributed by atoms with Crippen molar-refractivity contribution in [2.24, 2.45) is 0 Å². The van der Waals surface area contributed by atoms with Crippen LogP contribution in [0.5, 0.6) is 0 Å². The summed E-state index contributed by atoms with van der Waals surface area (Å²) in [6.07, 6.45) is -2.86. The van der Waals surface area contributed by atoms with Crippen LogP contribution in [0.4, 0.5) is 0 Å². The number of rotatable bonds is 23. The number of hydrogen-bond donors (Lipinski definition) is 6. The predicted molar refractivity (Wildman–Crippen MR) is 312 cm³/mol. The van der Waals surface area contributed by atoms with Crippen molar-refractivity contribution in [3.8, 4) is 0 Å². The van der Waals surface area contributed by atoms with Crippen LogP contribution >= 0.6 is 31.2 Å². The van der Waals surface area contributed by atoms with Crippen LogP contribution in [0.25, 0.3) is 10.8 Å². The first kappa shape index (κ1) is 72.3. The van der Waals surface area contributed by atoms with E-state index >= 15 is 0 Å². The normalized spacial score (nSPS) is 35.6. The highest BCUT2D eigenvalue weighted by atomic mass is 31.2. The highest BCUT2D eigenvalue weighted by molar-refractivity contribution is 7.50. The molecule has 8 bridgehead atoms. The Morgan fingerprint density at radius 3 is 1.55 bits per heavy atom. The number of fused-ring (bicyclic) bond motifs is 9. The van der Waals surface area contributed by atoms with Crippen LogP contribution in [0.15, 0.2) is 92.4 Å². The molecule has 0 amide bonds. The summed E-state index contributed by atoms with van der Waals surface area (Å²) in [6.45, 7) is 3.20. The first-order chi connectivity index (χ1) is 43.6. The summed E-state index contributed by atoms with van der Waals surface area (Å²) < 4.78 is 152. The summed E-state index contributed by atoms with van der Waals surface area (Å²) >= 11 is 0. The monoisotopic (exact) mass is 1390 g/mol. The molecule has 0 aliphatic carbocycles. The van der Waals surface area contributed by atoms with Crippen LogP contribution in [-0.2, 0) is 107 Å². The lowest BCUT2D eigenvalue weighted by atomic mass is 9.90. The number of hydrogen-bond acceptors (Lipinski definition) is 27. The minimum atomic E-state index is -4.30. The Bertz CT molecular complexity index is 3670. The molecule has 514 valence electrons. The molecule has 1 aromatic carbocycles. The van der Waals surface area contributed by atoms with Crippen LogP contribution in [-0.4, -0.2) is 225 Å². The maximum atomic E-state index is 12.9. The van der Waals surface area contributed by atoms with E-state index in [1.807, 2.05) is 19.1 Å². The highest BCUT2D eigenvalue weighted by Crippen LogP contribution is 2.57. The average Bonchev–Trinajstić information content (AvgIpc) is 1.59. The number of methoxy groups -OCH3 is 4. The number of H-pyrrole nitrogens is 1. The molecule has 12 rings (SSSR count). The Morgan fingerprint density at radius 1 is 0.533 bits per heavy atom. The minimum absolute atomic E-state index is 0.0662. The van der Waals surface area contributed by atoms with Crippen molar-refractivity contribution in [1.82, 2.24) is 23.8 Å². The summed E-state index contributed by atoms with van der Waals surface area (Å²) in [5.41, 5.74) is -5.76. The molecule has 92 heavy (non-hydrogen) atoms. The first-order valence-electron chi connectivity index (χ1n) is 28.2. The molecule has 3 aromatic heterocycles. The SMILES string of the molecule is COC[C@@]12CCO[C@H](C(C)O1)[C@@H]2OP(=O)(O)OC.COC[C@@]12COC([C@H](n3ccc(=O)[nH]c3=O)O1)[C@H]2NP(=O)(O)OC.COC[C@@]12COC([C@H](n3ccc4ccccc4c3=O)O1)[C@H]2OP(=O)(O)OC.COC[C@@]12COC([C@H](n3ccccc3=O)O1)[C@H]2OP(=O)(O)OC. The van der Waals surface area contributed by atoms with E-state index in [0.29, 0.717) is 18.4 Å². The van der Waals surface area contributed by atoms with Gasteiger partial charge in [-0.05, 0) is 30.5 Å². The predicted octanol–water partition coefficient (Wildman–Crippen LogP) is 1.01. The van der Waals surface area contributed by atoms with E-state index in [4.69, 9.17) is 70.4 Å². The molecule has 8 unspecified atom stereocenters. The standard InChI is InChI=1S/C17H20NO8P.C13H18NO8P.C12H18N3O8P.C10H19O7P/c1-22-9-17-10-24-13(14(17)26-27(20,21)23-2)16(25-17)18-8-7-11-5-3-4-6-12(11)15(18)19;1-18-7-13-8-20-10(11(13)22-23(16,17)19-2)12(21-13)14-6-4-3-5-9(14)15;1-20-5-12-6-22-8(9(12)14-24(18,19)21-2)10(23-12)15-4-3-7(16)13-11(15)17;1-7-8-9(17-18(11,12)14-3)10(16-7,6-13-2)4-5-15-8/h3-8,13-14,16H,9-10H2,1-2H3,(H,20,21);3-6,10-12H,7-8H2,1-2H3,(H,16,17);3-4,8-10H,5-6H2,1-2H3,(H,13,16,17)(H2,14,18,19);7-9H,4-6H2,1-3H3,(H,11,12)/t13?,14-,16-,17+;10?,11-,12-,13+;8?,9-,10-,12+;7?,8-,9+,10-/m1111/s1. The zero-order chi connectivity index (χ0) is 66.8. The average molecular weight is 1390 g/mol. The molecule has 40 heteroatoms. The lowest BCUT2D eigenvalue weighted by Crippen LogP contribution is -2.52. The molecule has 0 spiro atoms. The van der Waals surface area contributed by atoms with Crippen LogP contribution in [0, 0.1) is 0 Å². The number of phosphoric ester groups is 3. The van der Waals surface area contributed by atoms with Crippen molar-refractivity contribution in [3.05, 3.63) is 115 Å². The van der Waals surface area contributed by atoms with E-state index in [0.717, 1.165) is 38.4 Å². The van der Waals surface area contributed by atoms with Crippen molar-refractivity contribution in [1.29, 1.82) is 0 Å². The molecule has 0 radical (unpaired) electrons. The zero-order valence-corrected chi connectivity index (χ0v) is 54.7. The topological polar surface area (TPSA) is 435 Å². The summed E-state index contributed by atoms with van der Waals surface area (Å²) in [4.78, 5) is 88.9. The number of benzene rings is 1. The number of phosphoric acid groups is 3. The van der Waals surface area contributed by atoms with E-state index in [1.165, 1.54) is 48.8 Å². The van der Waals surface area contributed by atoms with E-state index in [1.54, 1.807) is 49.8 Å². The van der Waals surface area contributed by atoms with Gasteiger partial charge in [-0.2, -0.15) is 0 Å². The Hall–Kier alpha value is -3.98. The lowest BCUT2D eigenvalue weighted by Gasteiger charge is -2.38. The molecule has 36 nitrogen and oxygen atoms in total. The van der Waals surface area contributed by atoms with Crippen molar-refractivity contribution >= 4 is 42.0 Å². The zero-order valence-electron chi connectivity index (χ0n) is 51.2. The van der Waals surface area contributed by atoms with Gasteiger partial charge >= 0.3 is 36.9 Å². The van der Waals surface area contributed by atoms with Gasteiger partial charge in [-0.25, -0.2) is 28.1 Å². The molecule has 11 heterocycles. The largest absolute Gasteiger partial charge is 0.472 e. The molecule has 6 N–H and O–H groups in total. The fraction of sp³-hybridized carbons (Fsp3) is 0.654. The van der Waals surface area contributed by atoms with Gasteiger partial charge in [0.25, 0.3) is 16.7 Å². The quantitative estimate of drug-likeness (QED) is 0.0564. The molecule has 8 aliphatic heterocycles. The van der Waals surface area contributed by atoms with Crippen LogP contribution < -0.4 is 27.5 Å². The highest BCUT2D eigenvalue weighted by Gasteiger charge is 2.67. The van der Waals surface area contributed by atoms with Gasteiger partial charge in [0.05, 0.1) is 65.0 Å². The van der Waals surface area contributed by atoms with Crippen LogP contribution in [0.1, 0.15) is 32.0 Å². The summed E-state index contributed by atoms with van der Waals surface area (Å²) in [5, 5.41) is 3.84. The second-order valence-corrected chi connectivity index (χ2v) is 28.4. The van der Waals surface area contributed by atoms with Gasteiger partial charge in [0.15, 0.2) is 18.7 Å². The summed E-state index contributed by atoms with van der Waals surface area (Å²) in [7, 11) is -6.38. The summed E-state index contributed by atoms with van der Waals surface area (Å²) in [5.74, 6) is 0. The van der Waals surface area contributed by atoms with Gasteiger partial charge in [0.2, 0.25) is 0 Å². The van der Waals surface area contributed by atoms with Gasteiger partial charge in [0.1, 0.15) is 65.1 Å². The molecule has 8 saturated heterocycles. The van der Waals surface area contributed by atoms with Crippen molar-refractivity contribution in [2.75, 3.05) is 110 Å². The second kappa shape index (κ2) is 29.0. The molecule has 8 aliphatic rings. The molecule has 4 aromatic rings. The Labute approximate surface area is 524 Å². The minimum Gasteiger partial charge on any atom is -0.382 e. The van der Waals surface area contributed by atoms with Gasteiger partial charge in [-0.15, -0.1) is 0 Å². The van der Waals surface area contributed by atoms with E-state index < -0.39 is 126 Å². The van der Waals surface area contributed by atoms with Gasteiger partial charge in [0, 0.05) is 99.4 Å². The van der Waals surface area contributed by atoms with Crippen LogP contribution in [0.2, 0.25) is 0 Å². The smallest absolute Gasteiger partial charge is 0.382 e. The third-order valence-electron chi connectivity index (χ3n) is 16.4. The van der Waals surface area contributed by atoms with E-state index in [-0.39, 0.29) is 69.6 Å². The van der Waals surface area contributed by atoms with Gasteiger partial charge in [-0.3, -0.25) is 60.2 Å². The lowest BCUT2D eigenvalue weighted by molar-refractivity contribution is -0.190. The van der Waals surface area contributed by atoms with Crippen LogP contribution in [0.3, 0.4) is 0 Å². The molecular formula is C52H75N5O31P4. The van der Waals surface area contributed by atoms with Crippen molar-refractivity contribution in [3.63, 3.8) is 0 Å². The Kier molecular flexibility index (Phi) is 22.8. The molecule has 0 saturated carbocycles. The van der Waals surface area contributed by atoms with Crippen molar-refractivity contribution < 1.29 is 126 Å². The summed E-state index contributed by atoms with van der Waals surface area (Å²) in [6, 6.07) is 14.1. The number of ether oxygens (including phenoxy) is 12. The fourth-order valence-corrected chi connectivity index (χ4v) is 15.2. The van der Waals surface area contributed by atoms with E-state index in [2.05, 4.69) is 28.2 Å². The van der Waals surface area contributed by atoms with Gasteiger partial charge < -0.3 is 80.9 Å². The van der Waals surface area contributed by atoms with Gasteiger partial charge in [-0.1, -0.05) is 24.3 Å². The number of aromatic amines is 1. The fourth-order valence-electron chi connectivity index (χ4n) is 12.3. The molecular weight excluding hydrogens is 1310 g/mol. The number of nitrogens with zero attached hydrogens (tertiary/aromatic N) is 3. The molecule has 20 atom stereocenters. The Morgan fingerprint density at radius 2 is 1.01 bits per heavy atom. The maximum absolute atomic E-state index is 12.9. The number of aromatic nitrogens is 4. The Balaban J connectivity index is 0.000000146. The number of pyridine rings is 2.